The number of oxazole rings is 1. The first-order valence-corrected chi connectivity index (χ1v) is 9.77. The first-order valence-electron chi connectivity index (χ1n) is 8.40. The Morgan fingerprint density at radius 1 is 1.30 bits per heavy atom. The van der Waals surface area contributed by atoms with Crippen molar-refractivity contribution in [2.45, 2.75) is 19.5 Å². The maximum Gasteiger partial charge on any atom is 0.420 e. The summed E-state index contributed by atoms with van der Waals surface area (Å²) in [5.41, 5.74) is 1.70. The number of rotatable bonds is 3. The molecule has 1 atom stereocenters. The lowest BCUT2D eigenvalue weighted by Crippen LogP contribution is -2.38. The van der Waals surface area contributed by atoms with E-state index in [0.717, 1.165) is 5.75 Å². The molecule has 0 unspecified atom stereocenters. The maximum absolute atomic E-state index is 13.2. The van der Waals surface area contributed by atoms with Gasteiger partial charge in [-0.15, -0.1) is 0 Å². The summed E-state index contributed by atoms with van der Waals surface area (Å²) in [4.78, 5) is 31.5. The molecule has 0 N–H and O–H groups in total. The van der Waals surface area contributed by atoms with Gasteiger partial charge < -0.3 is 4.42 Å². The van der Waals surface area contributed by atoms with Gasteiger partial charge in [-0.05, 0) is 43.3 Å². The van der Waals surface area contributed by atoms with Crippen LogP contribution in [0.3, 0.4) is 0 Å². The molecule has 2 aromatic carbocycles. The quantitative estimate of drug-likeness (QED) is 0.670. The fraction of sp³-hybridized carbons (Fsp3) is 0.211. The Bertz CT molecular complexity index is 1090. The van der Waals surface area contributed by atoms with E-state index < -0.39 is 5.76 Å². The zero-order chi connectivity index (χ0) is 19.0. The first kappa shape index (κ1) is 17.9. The number of carbonyl (C=O) groups is 1. The van der Waals surface area contributed by atoms with E-state index >= 15 is 0 Å². The normalized spacial score (nSPS) is 16.5. The third-order valence-electron chi connectivity index (χ3n) is 4.18. The predicted molar refractivity (Wildman–Crippen MR) is 109 cm³/mol. The minimum Gasteiger partial charge on any atom is -0.408 e. The van der Waals surface area contributed by atoms with Crippen molar-refractivity contribution in [2.75, 3.05) is 10.7 Å². The number of carbonyl (C=O) groups excluding carboxylic acids is 1. The summed E-state index contributed by atoms with van der Waals surface area (Å²) in [5, 5.41) is 1.20. The maximum atomic E-state index is 13.2. The summed E-state index contributed by atoms with van der Waals surface area (Å²) in [6.07, 6.45) is 0. The Labute approximate surface area is 164 Å². The lowest BCUT2D eigenvalue weighted by molar-refractivity contribution is -0.118. The van der Waals surface area contributed by atoms with Crippen LogP contribution in [0.2, 0.25) is 5.02 Å². The monoisotopic (exact) mass is 401 g/mol. The number of nitrogens with zero attached hydrogens (tertiary/aromatic N) is 3. The molecule has 0 spiro atoms. The molecule has 0 aliphatic carbocycles. The van der Waals surface area contributed by atoms with Crippen LogP contribution in [0, 0.1) is 0 Å². The van der Waals surface area contributed by atoms with E-state index in [4.69, 9.17) is 16.0 Å². The Morgan fingerprint density at radius 2 is 2.04 bits per heavy atom. The van der Waals surface area contributed by atoms with E-state index in [1.165, 1.54) is 16.3 Å². The second-order valence-corrected chi connectivity index (χ2v) is 7.62. The molecule has 1 aliphatic rings. The van der Waals surface area contributed by atoms with Crippen LogP contribution < -0.4 is 10.7 Å². The van der Waals surface area contributed by atoms with Crippen molar-refractivity contribution in [2.24, 2.45) is 4.99 Å². The van der Waals surface area contributed by atoms with Gasteiger partial charge in [0, 0.05) is 10.8 Å². The molecular formula is C19H16ClN3O3S. The standard InChI is InChI=1S/C19H16ClN3O3S/c1-12-11-27-18(21-12)23(14-8-6-13(20)7-9-14)17(24)10-22-15-4-2-3-5-16(15)26-19(22)25/h2-9,12H,10-11H2,1H3/t12-/m1/s1. The van der Waals surface area contributed by atoms with Gasteiger partial charge in [0.15, 0.2) is 10.8 Å². The van der Waals surface area contributed by atoms with Crippen LogP contribution in [-0.2, 0) is 11.3 Å². The number of anilines is 1. The van der Waals surface area contributed by atoms with Gasteiger partial charge in [0.1, 0.15) is 6.54 Å². The number of thioether (sulfide) groups is 1. The fourth-order valence-corrected chi connectivity index (χ4v) is 4.08. The van der Waals surface area contributed by atoms with Gasteiger partial charge in [0.2, 0.25) is 0 Å². The number of aliphatic imine (C=N–C) groups is 1. The number of para-hydroxylation sites is 2. The summed E-state index contributed by atoms with van der Waals surface area (Å²) in [6, 6.07) is 14.1. The molecule has 27 heavy (non-hydrogen) atoms. The van der Waals surface area contributed by atoms with Crippen molar-refractivity contribution < 1.29 is 9.21 Å². The third kappa shape index (κ3) is 3.52. The van der Waals surface area contributed by atoms with Crippen molar-refractivity contribution >= 4 is 51.2 Å². The number of halogens is 1. The number of aromatic nitrogens is 1. The van der Waals surface area contributed by atoms with Crippen LogP contribution >= 0.6 is 23.4 Å². The predicted octanol–water partition coefficient (Wildman–Crippen LogP) is 3.77. The zero-order valence-corrected chi connectivity index (χ0v) is 16.0. The van der Waals surface area contributed by atoms with E-state index in [1.54, 1.807) is 53.4 Å². The van der Waals surface area contributed by atoms with Crippen molar-refractivity contribution in [1.29, 1.82) is 0 Å². The molecular weight excluding hydrogens is 386 g/mol. The number of hydrogen-bond donors (Lipinski definition) is 0. The van der Waals surface area contributed by atoms with E-state index in [-0.39, 0.29) is 18.5 Å². The van der Waals surface area contributed by atoms with Gasteiger partial charge >= 0.3 is 5.76 Å². The number of amides is 1. The van der Waals surface area contributed by atoms with Gasteiger partial charge in [0.05, 0.1) is 17.2 Å². The third-order valence-corrected chi connectivity index (χ3v) is 5.62. The highest BCUT2D eigenvalue weighted by Gasteiger charge is 2.28. The molecule has 0 fully saturated rings. The smallest absolute Gasteiger partial charge is 0.408 e. The summed E-state index contributed by atoms with van der Waals surface area (Å²) < 4.78 is 6.56. The Balaban J connectivity index is 1.72. The van der Waals surface area contributed by atoms with E-state index in [0.29, 0.717) is 27.0 Å². The van der Waals surface area contributed by atoms with Crippen LogP contribution in [-0.4, -0.2) is 27.4 Å². The van der Waals surface area contributed by atoms with Crippen molar-refractivity contribution in [3.05, 3.63) is 64.1 Å². The highest BCUT2D eigenvalue weighted by atomic mass is 35.5. The van der Waals surface area contributed by atoms with Crippen LogP contribution in [0.4, 0.5) is 5.69 Å². The van der Waals surface area contributed by atoms with Gasteiger partial charge in [-0.3, -0.25) is 19.3 Å². The number of benzene rings is 2. The molecule has 1 aromatic heterocycles. The van der Waals surface area contributed by atoms with E-state index in [9.17, 15) is 9.59 Å². The van der Waals surface area contributed by atoms with Crippen LogP contribution in [0.25, 0.3) is 11.1 Å². The molecule has 0 radical (unpaired) electrons. The summed E-state index contributed by atoms with van der Waals surface area (Å²) in [7, 11) is 0. The first-order chi connectivity index (χ1) is 13.0. The molecule has 0 saturated carbocycles. The molecule has 2 heterocycles. The Morgan fingerprint density at radius 3 is 2.74 bits per heavy atom. The lowest BCUT2D eigenvalue weighted by Gasteiger charge is -2.22. The molecule has 6 nitrogen and oxygen atoms in total. The zero-order valence-electron chi connectivity index (χ0n) is 14.5. The molecule has 0 bridgehead atoms. The average molecular weight is 402 g/mol. The lowest BCUT2D eigenvalue weighted by atomic mass is 10.3. The second kappa shape index (κ2) is 7.25. The minimum atomic E-state index is -0.560. The molecule has 8 heteroatoms. The highest BCUT2D eigenvalue weighted by molar-refractivity contribution is 8.14. The van der Waals surface area contributed by atoms with Crippen molar-refractivity contribution in [1.82, 2.24) is 4.57 Å². The van der Waals surface area contributed by atoms with E-state index in [2.05, 4.69) is 4.99 Å². The summed E-state index contributed by atoms with van der Waals surface area (Å²) in [6.45, 7) is 1.85. The van der Waals surface area contributed by atoms with Gasteiger partial charge in [-0.25, -0.2) is 4.79 Å². The fourth-order valence-electron chi connectivity index (χ4n) is 2.90. The van der Waals surface area contributed by atoms with Crippen LogP contribution in [0.1, 0.15) is 6.92 Å². The molecule has 4 rings (SSSR count). The van der Waals surface area contributed by atoms with Gasteiger partial charge in [0.25, 0.3) is 5.91 Å². The highest BCUT2D eigenvalue weighted by Crippen LogP contribution is 2.27. The number of amidine groups is 1. The van der Waals surface area contributed by atoms with Gasteiger partial charge in [-0.2, -0.15) is 0 Å². The number of hydrogen-bond acceptors (Lipinski definition) is 5. The summed E-state index contributed by atoms with van der Waals surface area (Å²) >= 11 is 7.50. The molecule has 3 aromatic rings. The largest absolute Gasteiger partial charge is 0.420 e. The van der Waals surface area contributed by atoms with Crippen LogP contribution in [0.5, 0.6) is 0 Å². The van der Waals surface area contributed by atoms with Crippen LogP contribution in [0.15, 0.2) is 62.7 Å². The van der Waals surface area contributed by atoms with Crippen molar-refractivity contribution in [3.8, 4) is 0 Å². The minimum absolute atomic E-state index is 0.130. The Hall–Kier alpha value is -2.51. The van der Waals surface area contributed by atoms with Gasteiger partial charge in [-0.1, -0.05) is 35.5 Å². The van der Waals surface area contributed by atoms with Crippen molar-refractivity contribution in [3.63, 3.8) is 0 Å². The number of fused-ring (bicyclic) bond motifs is 1. The average Bonchev–Trinajstić information content (AvgIpc) is 3.21. The molecule has 1 aliphatic heterocycles. The van der Waals surface area contributed by atoms with E-state index in [1.807, 2.05) is 6.92 Å². The molecule has 1 amide bonds. The molecule has 0 saturated heterocycles. The molecule has 138 valence electrons. The summed E-state index contributed by atoms with van der Waals surface area (Å²) in [5.74, 6) is -0.0253. The SMILES string of the molecule is C[C@@H]1CSC(N(C(=O)Cn2c(=O)oc3ccccc32)c2ccc(Cl)cc2)=N1. The second-order valence-electron chi connectivity index (χ2n) is 6.20. The Kier molecular flexibility index (Phi) is 4.80. The topological polar surface area (TPSA) is 67.8 Å².